The van der Waals surface area contributed by atoms with Gasteiger partial charge in [-0.3, -0.25) is 14.9 Å². The predicted octanol–water partition coefficient (Wildman–Crippen LogP) is 0.165. The van der Waals surface area contributed by atoms with E-state index < -0.39 is 21.0 Å². The van der Waals surface area contributed by atoms with E-state index in [2.05, 4.69) is 10.0 Å². The van der Waals surface area contributed by atoms with Crippen LogP contribution in [0.1, 0.15) is 12.8 Å². The fraction of sp³-hybridized carbons (Fsp3) is 0.533. The van der Waals surface area contributed by atoms with E-state index in [0.717, 1.165) is 6.07 Å². The Balaban J connectivity index is 0.00000364. The number of nitrogens with two attached hydrogens (primary N) is 1. The van der Waals surface area contributed by atoms with Crippen molar-refractivity contribution in [1.82, 2.24) is 10.0 Å². The van der Waals surface area contributed by atoms with Crippen LogP contribution in [0, 0.1) is 16.0 Å². The molecule has 1 atom stereocenters. The van der Waals surface area contributed by atoms with Gasteiger partial charge in [0.05, 0.1) is 15.9 Å². The van der Waals surface area contributed by atoms with Crippen molar-refractivity contribution in [2.24, 2.45) is 11.7 Å². The summed E-state index contributed by atoms with van der Waals surface area (Å²) in [6, 6.07) is 4.07. The molecule has 1 amide bonds. The van der Waals surface area contributed by atoms with Gasteiger partial charge >= 0.3 is 0 Å². The average molecular weight is 423 g/mol. The molecule has 152 valence electrons. The highest BCUT2D eigenvalue weighted by atomic mass is 35.5. The Kier molecular flexibility index (Phi) is 9.06. The Labute approximate surface area is 163 Å². The third-order valence-corrected chi connectivity index (χ3v) is 5.59. The molecular formula is C15H23ClN4O6S. The van der Waals surface area contributed by atoms with Crippen LogP contribution in [0.2, 0.25) is 0 Å². The maximum atomic E-state index is 12.1. The molecule has 0 saturated carbocycles. The van der Waals surface area contributed by atoms with E-state index in [1.165, 1.54) is 18.2 Å². The largest absolute Gasteiger partial charge is 0.381 e. The number of ether oxygens (including phenoxy) is 1. The monoisotopic (exact) mass is 422 g/mol. The van der Waals surface area contributed by atoms with Gasteiger partial charge < -0.3 is 15.8 Å². The second-order valence-electron chi connectivity index (χ2n) is 5.92. The molecular weight excluding hydrogens is 400 g/mol. The van der Waals surface area contributed by atoms with Crippen LogP contribution in [0.3, 0.4) is 0 Å². The number of halogens is 1. The third-order valence-electron chi connectivity index (χ3n) is 4.13. The number of carbonyl (C=O) groups is 1. The molecule has 0 bridgehead atoms. The van der Waals surface area contributed by atoms with Gasteiger partial charge in [-0.05, 0) is 24.8 Å². The Morgan fingerprint density at radius 2 is 2.00 bits per heavy atom. The molecule has 12 heteroatoms. The first-order valence-corrected chi connectivity index (χ1v) is 9.65. The number of nitro groups is 1. The second kappa shape index (κ2) is 10.5. The van der Waals surface area contributed by atoms with Gasteiger partial charge in [0.25, 0.3) is 5.69 Å². The first-order chi connectivity index (χ1) is 12.3. The predicted molar refractivity (Wildman–Crippen MR) is 100 cm³/mol. The van der Waals surface area contributed by atoms with E-state index in [1.807, 2.05) is 0 Å². The highest BCUT2D eigenvalue weighted by Gasteiger charge is 2.26. The van der Waals surface area contributed by atoms with Crippen molar-refractivity contribution in [1.29, 1.82) is 0 Å². The van der Waals surface area contributed by atoms with Gasteiger partial charge in [-0.1, -0.05) is 6.07 Å². The minimum atomic E-state index is -3.91. The first kappa shape index (κ1) is 23.2. The molecule has 0 spiro atoms. The van der Waals surface area contributed by atoms with E-state index in [0.29, 0.717) is 26.1 Å². The molecule has 10 nitrogen and oxygen atoms in total. The summed E-state index contributed by atoms with van der Waals surface area (Å²) in [6.07, 6.45) is 1.43. The Bertz CT molecular complexity index is 754. The Hall–Kier alpha value is -1.79. The quantitative estimate of drug-likeness (QED) is 0.306. The molecule has 4 N–H and O–H groups in total. The number of sulfonamides is 1. The van der Waals surface area contributed by atoms with Gasteiger partial charge in [-0.15, -0.1) is 12.4 Å². The number of rotatable bonds is 8. The van der Waals surface area contributed by atoms with Crippen LogP contribution in [0.5, 0.6) is 0 Å². The maximum Gasteiger partial charge on any atom is 0.270 e. The SMILES string of the molecule is Cl.NC(C(=O)NCCNS(=O)(=O)c1cccc([N+](=O)[O-])c1)C1CCOCC1. The van der Waals surface area contributed by atoms with E-state index in [9.17, 15) is 23.3 Å². The summed E-state index contributed by atoms with van der Waals surface area (Å²) in [7, 11) is -3.91. The molecule has 1 saturated heterocycles. The number of nitrogens with zero attached hydrogens (tertiary/aromatic N) is 1. The maximum absolute atomic E-state index is 12.1. The number of hydrogen-bond donors (Lipinski definition) is 3. The fourth-order valence-corrected chi connectivity index (χ4v) is 3.70. The van der Waals surface area contributed by atoms with Crippen LogP contribution in [0.25, 0.3) is 0 Å². The van der Waals surface area contributed by atoms with Gasteiger partial charge in [-0.25, -0.2) is 13.1 Å². The Morgan fingerprint density at radius 1 is 1.33 bits per heavy atom. The van der Waals surface area contributed by atoms with Gasteiger partial charge in [-0.2, -0.15) is 0 Å². The topological polar surface area (TPSA) is 154 Å². The lowest BCUT2D eigenvalue weighted by atomic mass is 9.92. The number of benzene rings is 1. The summed E-state index contributed by atoms with van der Waals surface area (Å²) in [4.78, 5) is 21.9. The molecule has 1 unspecified atom stereocenters. The van der Waals surface area contributed by atoms with Crippen LogP contribution < -0.4 is 15.8 Å². The zero-order valence-corrected chi connectivity index (χ0v) is 16.1. The van der Waals surface area contributed by atoms with E-state index in [-0.39, 0.29) is 47.9 Å². The lowest BCUT2D eigenvalue weighted by Gasteiger charge is -2.26. The zero-order valence-electron chi connectivity index (χ0n) is 14.5. The van der Waals surface area contributed by atoms with Crippen molar-refractivity contribution in [2.45, 2.75) is 23.8 Å². The van der Waals surface area contributed by atoms with Crippen molar-refractivity contribution in [3.63, 3.8) is 0 Å². The van der Waals surface area contributed by atoms with Crippen LogP contribution in [-0.4, -0.2) is 51.6 Å². The molecule has 0 aliphatic carbocycles. The van der Waals surface area contributed by atoms with Gasteiger partial charge in [0, 0.05) is 38.4 Å². The van der Waals surface area contributed by atoms with Crippen LogP contribution in [0.4, 0.5) is 5.69 Å². The highest BCUT2D eigenvalue weighted by Crippen LogP contribution is 2.18. The molecule has 27 heavy (non-hydrogen) atoms. The number of non-ortho nitro benzene ring substituents is 1. The standard InChI is InChI=1S/C15H22N4O6S.ClH/c16-14(11-4-8-25-9-5-11)15(20)17-6-7-18-26(23,24)13-3-1-2-12(10-13)19(21)22;/h1-3,10-11,14,18H,4-9,16H2,(H,17,20);1H. The minimum absolute atomic E-state index is 0. The van der Waals surface area contributed by atoms with Crippen molar-refractivity contribution >= 4 is 34.0 Å². The summed E-state index contributed by atoms with van der Waals surface area (Å²) >= 11 is 0. The lowest BCUT2D eigenvalue weighted by molar-refractivity contribution is -0.385. The van der Waals surface area contributed by atoms with Crippen LogP contribution in [0.15, 0.2) is 29.2 Å². The first-order valence-electron chi connectivity index (χ1n) is 8.16. The van der Waals surface area contributed by atoms with Crippen molar-refractivity contribution < 1.29 is 22.9 Å². The second-order valence-corrected chi connectivity index (χ2v) is 7.69. The zero-order chi connectivity index (χ0) is 19.2. The summed E-state index contributed by atoms with van der Waals surface area (Å²) in [5.74, 6) is -0.295. The smallest absolute Gasteiger partial charge is 0.270 e. The molecule has 1 fully saturated rings. The van der Waals surface area contributed by atoms with Crippen molar-refractivity contribution in [3.8, 4) is 0 Å². The normalized spacial score (nSPS) is 16.2. The summed E-state index contributed by atoms with van der Waals surface area (Å²) in [5, 5.41) is 13.3. The van der Waals surface area contributed by atoms with E-state index in [1.54, 1.807) is 0 Å². The van der Waals surface area contributed by atoms with E-state index >= 15 is 0 Å². The number of nitrogens with one attached hydrogen (secondary N) is 2. The van der Waals surface area contributed by atoms with Crippen LogP contribution >= 0.6 is 12.4 Å². The highest BCUT2D eigenvalue weighted by molar-refractivity contribution is 7.89. The summed E-state index contributed by atoms with van der Waals surface area (Å²) < 4.78 is 31.8. The molecule has 0 radical (unpaired) electrons. The number of nitro benzene ring substituents is 1. The molecule has 1 aliphatic rings. The van der Waals surface area contributed by atoms with Crippen molar-refractivity contribution in [2.75, 3.05) is 26.3 Å². The van der Waals surface area contributed by atoms with Gasteiger partial charge in [0.1, 0.15) is 0 Å². The molecule has 1 aromatic carbocycles. The van der Waals surface area contributed by atoms with E-state index in [4.69, 9.17) is 10.5 Å². The summed E-state index contributed by atoms with van der Waals surface area (Å²) in [6.45, 7) is 1.16. The lowest BCUT2D eigenvalue weighted by Crippen LogP contribution is -2.48. The number of hydrogen-bond acceptors (Lipinski definition) is 7. The average Bonchev–Trinajstić information content (AvgIpc) is 2.65. The fourth-order valence-electron chi connectivity index (χ4n) is 2.63. The van der Waals surface area contributed by atoms with Gasteiger partial charge in [0.15, 0.2) is 0 Å². The van der Waals surface area contributed by atoms with Gasteiger partial charge in [0.2, 0.25) is 15.9 Å². The summed E-state index contributed by atoms with van der Waals surface area (Å²) in [5.41, 5.74) is 5.61. The van der Waals surface area contributed by atoms with Crippen molar-refractivity contribution in [3.05, 3.63) is 34.4 Å². The molecule has 1 heterocycles. The third kappa shape index (κ3) is 6.70. The minimum Gasteiger partial charge on any atom is -0.381 e. The molecule has 1 aliphatic heterocycles. The molecule has 0 aromatic heterocycles. The molecule has 1 aromatic rings. The number of carbonyl (C=O) groups excluding carboxylic acids is 1. The number of amides is 1. The molecule has 2 rings (SSSR count). The van der Waals surface area contributed by atoms with Crippen LogP contribution in [-0.2, 0) is 19.6 Å². The Morgan fingerprint density at radius 3 is 2.63 bits per heavy atom.